The van der Waals surface area contributed by atoms with E-state index in [1.165, 1.54) is 180 Å². The lowest BCUT2D eigenvalue weighted by molar-refractivity contribution is -0.131. The quantitative estimate of drug-likeness (QED) is 0.0702. The van der Waals surface area contributed by atoms with Crippen molar-refractivity contribution in [1.29, 1.82) is 0 Å². The van der Waals surface area contributed by atoms with Gasteiger partial charge in [-0.1, -0.05) is 194 Å². The van der Waals surface area contributed by atoms with Crippen molar-refractivity contribution in [2.45, 2.75) is 232 Å². The van der Waals surface area contributed by atoms with Crippen LogP contribution in [0.2, 0.25) is 0 Å². The number of unbranched alkanes of at least 4 members (excludes halogenated alkanes) is 29. The molecule has 44 heavy (non-hydrogen) atoms. The third-order valence-electron chi connectivity index (χ3n) is 9.48. The van der Waals surface area contributed by atoms with E-state index in [9.17, 15) is 9.59 Å². The number of carbonyl (C=O) groups is 2. The van der Waals surface area contributed by atoms with Gasteiger partial charge in [0.25, 0.3) is 0 Å². The molecule has 0 aromatic carbocycles. The van der Waals surface area contributed by atoms with Gasteiger partial charge in [0, 0.05) is 25.9 Å². The molecule has 0 saturated carbocycles. The molecule has 0 aliphatic heterocycles. The van der Waals surface area contributed by atoms with E-state index in [1.807, 2.05) is 0 Å². The van der Waals surface area contributed by atoms with Gasteiger partial charge in [-0.2, -0.15) is 0 Å². The van der Waals surface area contributed by atoms with Crippen molar-refractivity contribution in [3.05, 3.63) is 0 Å². The molecular formula is C40H80N2O2. The number of carbonyl (C=O) groups excluding carboxylic acids is 2. The maximum Gasteiger partial charge on any atom is 0.222 e. The Morgan fingerprint density at radius 3 is 0.886 bits per heavy atom. The topological polar surface area (TPSA) is 63.4 Å². The number of rotatable bonds is 37. The van der Waals surface area contributed by atoms with E-state index in [1.54, 1.807) is 0 Å². The molecule has 4 nitrogen and oxygen atoms in total. The molecule has 0 radical (unpaired) electrons. The molecule has 0 fully saturated rings. The Bertz CT molecular complexity index is 560. The summed E-state index contributed by atoms with van der Waals surface area (Å²) in [6.07, 6.45) is 43.5. The van der Waals surface area contributed by atoms with Gasteiger partial charge in [-0.25, -0.2) is 0 Å². The van der Waals surface area contributed by atoms with Crippen molar-refractivity contribution in [3.63, 3.8) is 0 Å². The van der Waals surface area contributed by atoms with Gasteiger partial charge >= 0.3 is 0 Å². The number of nitrogens with zero attached hydrogens (tertiary/aromatic N) is 1. The summed E-state index contributed by atoms with van der Waals surface area (Å²) in [5, 5.41) is 0. The fourth-order valence-electron chi connectivity index (χ4n) is 6.44. The van der Waals surface area contributed by atoms with E-state index < -0.39 is 0 Å². The Balaban J connectivity index is 3.89. The highest BCUT2D eigenvalue weighted by Crippen LogP contribution is 2.16. The van der Waals surface area contributed by atoms with Crippen LogP contribution in [0.1, 0.15) is 232 Å². The number of hydrogen-bond acceptors (Lipinski definition) is 2. The van der Waals surface area contributed by atoms with Gasteiger partial charge in [0.15, 0.2) is 0 Å². The van der Waals surface area contributed by atoms with Crippen LogP contribution in [0, 0.1) is 0 Å². The zero-order valence-corrected chi connectivity index (χ0v) is 30.3. The lowest BCUT2D eigenvalue weighted by Gasteiger charge is -2.23. The summed E-state index contributed by atoms with van der Waals surface area (Å²) in [5.74, 6) is 0.0233. The van der Waals surface area contributed by atoms with Gasteiger partial charge in [0.1, 0.15) is 0 Å². The van der Waals surface area contributed by atoms with Crippen LogP contribution in [0.3, 0.4) is 0 Å². The maximum absolute atomic E-state index is 13.0. The molecule has 0 bridgehead atoms. The third kappa shape index (κ3) is 33.8. The summed E-state index contributed by atoms with van der Waals surface area (Å²) in [6.45, 7) is 6.39. The molecule has 0 atom stereocenters. The van der Waals surface area contributed by atoms with Crippen molar-refractivity contribution in [2.24, 2.45) is 5.73 Å². The highest BCUT2D eigenvalue weighted by molar-refractivity contribution is 5.76. The molecule has 0 aromatic rings. The molecule has 2 N–H and O–H groups in total. The highest BCUT2D eigenvalue weighted by atomic mass is 16.2. The minimum atomic E-state index is -0.259. The lowest BCUT2D eigenvalue weighted by Crippen LogP contribution is -2.32. The molecule has 0 saturated heterocycles. The zero-order chi connectivity index (χ0) is 32.2. The van der Waals surface area contributed by atoms with E-state index in [2.05, 4.69) is 18.7 Å². The van der Waals surface area contributed by atoms with Gasteiger partial charge in [-0.15, -0.1) is 0 Å². The zero-order valence-electron chi connectivity index (χ0n) is 30.3. The summed E-state index contributed by atoms with van der Waals surface area (Å²) < 4.78 is 0. The van der Waals surface area contributed by atoms with Crippen LogP contribution in [-0.4, -0.2) is 29.8 Å². The van der Waals surface area contributed by atoms with Crippen molar-refractivity contribution in [1.82, 2.24) is 4.90 Å². The summed E-state index contributed by atoms with van der Waals surface area (Å²) >= 11 is 0. The van der Waals surface area contributed by atoms with Gasteiger partial charge in [-0.05, 0) is 25.7 Å². The average molecular weight is 621 g/mol. The summed E-state index contributed by atoms with van der Waals surface area (Å²) in [5.41, 5.74) is 5.28. The van der Waals surface area contributed by atoms with Crippen LogP contribution in [0.4, 0.5) is 0 Å². The Hall–Kier alpha value is -1.06. The Morgan fingerprint density at radius 2 is 0.614 bits per heavy atom. The first-order chi connectivity index (χ1) is 21.6. The van der Waals surface area contributed by atoms with Crippen LogP contribution in [0.5, 0.6) is 0 Å². The summed E-state index contributed by atoms with van der Waals surface area (Å²) in [6, 6.07) is 0. The van der Waals surface area contributed by atoms with Gasteiger partial charge < -0.3 is 10.6 Å². The number of amides is 2. The van der Waals surface area contributed by atoms with E-state index in [0.717, 1.165) is 38.8 Å². The van der Waals surface area contributed by atoms with Crippen LogP contribution < -0.4 is 5.73 Å². The predicted octanol–water partition coefficient (Wildman–Crippen LogP) is 12.6. The standard InChI is InChI=1S/C40H80N2O2/c1-3-5-7-9-11-13-15-17-19-21-23-25-27-29-33-37-42(40(44)36-32-31-35-39(41)43)38-34-30-28-26-24-22-20-18-16-14-12-10-8-6-4-2/h3-38H2,1-2H3,(H2,41,43). The fraction of sp³-hybridized carbons (Fsp3) is 0.950. The molecule has 0 rings (SSSR count). The van der Waals surface area contributed by atoms with Crippen molar-refractivity contribution >= 4 is 11.8 Å². The van der Waals surface area contributed by atoms with E-state index in [0.29, 0.717) is 12.8 Å². The Morgan fingerprint density at radius 1 is 0.364 bits per heavy atom. The van der Waals surface area contributed by atoms with Crippen LogP contribution in [-0.2, 0) is 9.59 Å². The van der Waals surface area contributed by atoms with Gasteiger partial charge in [0.2, 0.25) is 11.8 Å². The monoisotopic (exact) mass is 621 g/mol. The number of nitrogens with two attached hydrogens (primary N) is 1. The smallest absolute Gasteiger partial charge is 0.222 e. The first-order valence-corrected chi connectivity index (χ1v) is 20.2. The second-order valence-corrected chi connectivity index (χ2v) is 14.0. The predicted molar refractivity (Wildman–Crippen MR) is 194 cm³/mol. The molecular weight excluding hydrogens is 540 g/mol. The number of primary amides is 1. The highest BCUT2D eigenvalue weighted by Gasteiger charge is 2.13. The maximum atomic E-state index is 13.0. The Kier molecular flexibility index (Phi) is 35.5. The normalized spacial score (nSPS) is 11.3. The molecule has 0 heterocycles. The SMILES string of the molecule is CCCCCCCCCCCCCCCCCN(CCCCCCCCCCCCCCCCC)C(=O)CCCCC(N)=O. The number of hydrogen-bond donors (Lipinski definition) is 1. The van der Waals surface area contributed by atoms with Crippen LogP contribution in [0.25, 0.3) is 0 Å². The minimum absolute atomic E-state index is 0.259. The molecule has 0 unspecified atom stereocenters. The van der Waals surface area contributed by atoms with Crippen LogP contribution >= 0.6 is 0 Å². The molecule has 0 aliphatic rings. The Labute approximate surface area is 276 Å². The fourth-order valence-corrected chi connectivity index (χ4v) is 6.44. The first-order valence-electron chi connectivity index (χ1n) is 20.2. The molecule has 0 spiro atoms. The van der Waals surface area contributed by atoms with Gasteiger partial charge in [-0.3, -0.25) is 9.59 Å². The molecule has 0 aliphatic carbocycles. The van der Waals surface area contributed by atoms with E-state index >= 15 is 0 Å². The summed E-state index contributed by atoms with van der Waals surface area (Å²) in [7, 11) is 0. The lowest BCUT2D eigenvalue weighted by atomic mass is 10.0. The minimum Gasteiger partial charge on any atom is -0.370 e. The average Bonchev–Trinajstić information content (AvgIpc) is 3.01. The van der Waals surface area contributed by atoms with Crippen molar-refractivity contribution in [3.8, 4) is 0 Å². The molecule has 262 valence electrons. The van der Waals surface area contributed by atoms with Crippen molar-refractivity contribution < 1.29 is 9.59 Å². The largest absolute Gasteiger partial charge is 0.370 e. The third-order valence-corrected chi connectivity index (χ3v) is 9.48. The second kappa shape index (κ2) is 36.4. The van der Waals surface area contributed by atoms with E-state index in [-0.39, 0.29) is 11.8 Å². The molecule has 0 aromatic heterocycles. The second-order valence-electron chi connectivity index (χ2n) is 14.0. The van der Waals surface area contributed by atoms with E-state index in [4.69, 9.17) is 5.73 Å². The molecule has 4 heteroatoms. The van der Waals surface area contributed by atoms with Crippen molar-refractivity contribution in [2.75, 3.05) is 13.1 Å². The van der Waals surface area contributed by atoms with Crippen LogP contribution in [0.15, 0.2) is 0 Å². The first kappa shape index (κ1) is 42.9. The summed E-state index contributed by atoms with van der Waals surface area (Å²) in [4.78, 5) is 26.1. The molecule has 2 amide bonds. The van der Waals surface area contributed by atoms with Gasteiger partial charge in [0.05, 0.1) is 0 Å².